The Balaban J connectivity index is 2.04. The van der Waals surface area contributed by atoms with Gasteiger partial charge in [-0.2, -0.15) is 0 Å². The third-order valence-corrected chi connectivity index (χ3v) is 5.55. The summed E-state index contributed by atoms with van der Waals surface area (Å²) in [6.45, 7) is 0. The van der Waals surface area contributed by atoms with Crippen LogP contribution in [0.15, 0.2) is 24.3 Å². The monoisotopic (exact) mass is 388 g/mol. The Kier molecular flexibility index (Phi) is 6.07. The van der Waals surface area contributed by atoms with Crippen LogP contribution in [0.1, 0.15) is 35.8 Å². The summed E-state index contributed by atoms with van der Waals surface area (Å²) in [7, 11) is 9.88. The molecule has 1 aliphatic carbocycles. The van der Waals surface area contributed by atoms with Crippen LogP contribution in [0.25, 0.3) is 0 Å². The molecule has 0 saturated heterocycles. The molecular formula is C22H28O6. The summed E-state index contributed by atoms with van der Waals surface area (Å²) < 4.78 is 33.1. The van der Waals surface area contributed by atoms with E-state index in [0.717, 1.165) is 35.5 Å². The standard InChI is InChI=1S/C22H28O6/c1-23-17-11-21(27-5)19(25-3)9-15(17)13-7-8-14(13)16-10-20(26-4)22(28-6)12-18(16)24-2/h9-14H,7-8H2,1-6H3/t13-,14-/m0/s1. The maximum atomic E-state index is 5.65. The smallest absolute Gasteiger partial charge is 0.164 e. The van der Waals surface area contributed by atoms with Crippen LogP contribution in [0.5, 0.6) is 34.5 Å². The van der Waals surface area contributed by atoms with Gasteiger partial charge in [-0.25, -0.2) is 0 Å². The molecule has 1 saturated carbocycles. The summed E-state index contributed by atoms with van der Waals surface area (Å²) in [5, 5.41) is 0. The van der Waals surface area contributed by atoms with E-state index in [1.165, 1.54) is 0 Å². The van der Waals surface area contributed by atoms with Gasteiger partial charge >= 0.3 is 0 Å². The van der Waals surface area contributed by atoms with E-state index in [1.54, 1.807) is 42.7 Å². The van der Waals surface area contributed by atoms with Gasteiger partial charge in [0.25, 0.3) is 0 Å². The predicted octanol–water partition coefficient (Wildman–Crippen LogP) is 4.40. The zero-order chi connectivity index (χ0) is 20.3. The lowest BCUT2D eigenvalue weighted by molar-refractivity contribution is 0.305. The Hall–Kier alpha value is -2.76. The number of ether oxygens (including phenoxy) is 6. The Morgan fingerprint density at radius 1 is 0.464 bits per heavy atom. The van der Waals surface area contributed by atoms with Gasteiger partial charge in [0, 0.05) is 23.3 Å². The number of benzene rings is 2. The molecular weight excluding hydrogens is 360 g/mol. The molecule has 1 fully saturated rings. The van der Waals surface area contributed by atoms with Gasteiger partial charge in [-0.3, -0.25) is 0 Å². The molecule has 2 aromatic rings. The molecule has 1 aliphatic rings. The summed E-state index contributed by atoms with van der Waals surface area (Å²) in [5.74, 6) is 4.86. The highest BCUT2D eigenvalue weighted by atomic mass is 16.5. The van der Waals surface area contributed by atoms with E-state index in [1.807, 2.05) is 24.3 Å². The highest BCUT2D eigenvalue weighted by molar-refractivity contribution is 5.56. The highest BCUT2D eigenvalue weighted by Crippen LogP contribution is 2.56. The van der Waals surface area contributed by atoms with Crippen molar-refractivity contribution >= 4 is 0 Å². The van der Waals surface area contributed by atoms with E-state index >= 15 is 0 Å². The van der Waals surface area contributed by atoms with Crippen molar-refractivity contribution in [1.29, 1.82) is 0 Å². The molecule has 28 heavy (non-hydrogen) atoms. The van der Waals surface area contributed by atoms with Crippen LogP contribution in [-0.4, -0.2) is 42.7 Å². The quantitative estimate of drug-likeness (QED) is 0.668. The fourth-order valence-corrected chi connectivity index (χ4v) is 3.93. The van der Waals surface area contributed by atoms with Gasteiger partial charge < -0.3 is 28.4 Å². The van der Waals surface area contributed by atoms with E-state index in [9.17, 15) is 0 Å². The third kappa shape index (κ3) is 3.39. The van der Waals surface area contributed by atoms with Crippen molar-refractivity contribution in [3.05, 3.63) is 35.4 Å². The molecule has 0 spiro atoms. The van der Waals surface area contributed by atoms with Crippen molar-refractivity contribution in [1.82, 2.24) is 0 Å². The molecule has 2 aromatic carbocycles. The average Bonchev–Trinajstić information content (AvgIpc) is 2.72. The van der Waals surface area contributed by atoms with Gasteiger partial charge in [0.05, 0.1) is 42.7 Å². The fourth-order valence-electron chi connectivity index (χ4n) is 3.93. The summed E-state index contributed by atoms with van der Waals surface area (Å²) >= 11 is 0. The van der Waals surface area contributed by atoms with Gasteiger partial charge in [-0.1, -0.05) is 0 Å². The van der Waals surface area contributed by atoms with Crippen LogP contribution in [0.3, 0.4) is 0 Å². The van der Waals surface area contributed by atoms with E-state index in [-0.39, 0.29) is 11.8 Å². The molecule has 6 nitrogen and oxygen atoms in total. The molecule has 2 atom stereocenters. The maximum absolute atomic E-state index is 5.65. The van der Waals surface area contributed by atoms with Gasteiger partial charge in [0.15, 0.2) is 23.0 Å². The van der Waals surface area contributed by atoms with Crippen molar-refractivity contribution in [3.8, 4) is 34.5 Å². The topological polar surface area (TPSA) is 55.4 Å². The predicted molar refractivity (Wildman–Crippen MR) is 107 cm³/mol. The SMILES string of the molecule is COc1cc(OC)c([C@H]2CC[C@@H]2c2cc(OC)c(OC)cc2OC)cc1OC. The summed E-state index contributed by atoms with van der Waals surface area (Å²) in [4.78, 5) is 0. The lowest BCUT2D eigenvalue weighted by atomic mass is 9.66. The Bertz CT molecular complexity index is 763. The molecule has 3 rings (SSSR count). The second-order valence-electron chi connectivity index (χ2n) is 6.69. The minimum absolute atomic E-state index is 0.279. The number of hydrogen-bond donors (Lipinski definition) is 0. The average molecular weight is 388 g/mol. The molecule has 0 aliphatic heterocycles. The van der Waals surface area contributed by atoms with Crippen molar-refractivity contribution in [2.45, 2.75) is 24.7 Å². The molecule has 6 heteroatoms. The fraction of sp³-hybridized carbons (Fsp3) is 0.455. The lowest BCUT2D eigenvalue weighted by Gasteiger charge is -2.39. The van der Waals surface area contributed by atoms with E-state index < -0.39 is 0 Å². The molecule has 152 valence electrons. The highest BCUT2D eigenvalue weighted by Gasteiger charge is 2.38. The molecule has 0 amide bonds. The Morgan fingerprint density at radius 2 is 0.750 bits per heavy atom. The second-order valence-corrected chi connectivity index (χ2v) is 6.69. The first-order valence-corrected chi connectivity index (χ1v) is 9.21. The second kappa shape index (κ2) is 8.50. The minimum Gasteiger partial charge on any atom is -0.496 e. The van der Waals surface area contributed by atoms with E-state index in [2.05, 4.69) is 0 Å². The first-order chi connectivity index (χ1) is 13.6. The number of hydrogen-bond acceptors (Lipinski definition) is 6. The molecule has 0 N–H and O–H groups in total. The summed E-state index contributed by atoms with van der Waals surface area (Å²) in [6.07, 6.45) is 2.10. The third-order valence-electron chi connectivity index (χ3n) is 5.55. The van der Waals surface area contributed by atoms with E-state index in [4.69, 9.17) is 28.4 Å². The van der Waals surface area contributed by atoms with Crippen LogP contribution in [-0.2, 0) is 0 Å². The van der Waals surface area contributed by atoms with Gasteiger partial charge in [-0.05, 0) is 36.8 Å². The Morgan fingerprint density at radius 3 is 1.00 bits per heavy atom. The first-order valence-electron chi connectivity index (χ1n) is 9.21. The molecule has 0 heterocycles. The largest absolute Gasteiger partial charge is 0.496 e. The molecule has 0 unspecified atom stereocenters. The van der Waals surface area contributed by atoms with Gasteiger partial charge in [0.1, 0.15) is 11.5 Å². The van der Waals surface area contributed by atoms with Crippen molar-refractivity contribution < 1.29 is 28.4 Å². The zero-order valence-electron chi connectivity index (χ0n) is 17.3. The van der Waals surface area contributed by atoms with Crippen LogP contribution >= 0.6 is 0 Å². The van der Waals surface area contributed by atoms with Crippen molar-refractivity contribution in [3.63, 3.8) is 0 Å². The lowest BCUT2D eigenvalue weighted by Crippen LogP contribution is -2.23. The van der Waals surface area contributed by atoms with Crippen LogP contribution in [0.4, 0.5) is 0 Å². The molecule has 0 radical (unpaired) electrons. The summed E-state index contributed by atoms with van der Waals surface area (Å²) in [5.41, 5.74) is 2.21. The minimum atomic E-state index is 0.279. The molecule has 0 bridgehead atoms. The molecule has 0 aromatic heterocycles. The summed E-state index contributed by atoms with van der Waals surface area (Å²) in [6, 6.07) is 7.80. The van der Waals surface area contributed by atoms with Gasteiger partial charge in [-0.15, -0.1) is 0 Å². The normalized spacial score (nSPS) is 18.1. The van der Waals surface area contributed by atoms with Crippen molar-refractivity contribution in [2.75, 3.05) is 42.7 Å². The van der Waals surface area contributed by atoms with Crippen LogP contribution < -0.4 is 28.4 Å². The zero-order valence-corrected chi connectivity index (χ0v) is 17.3. The number of methoxy groups -OCH3 is 6. The Labute approximate surface area is 166 Å². The first kappa shape index (κ1) is 20.0. The van der Waals surface area contributed by atoms with Crippen LogP contribution in [0.2, 0.25) is 0 Å². The van der Waals surface area contributed by atoms with Gasteiger partial charge in [0.2, 0.25) is 0 Å². The van der Waals surface area contributed by atoms with Crippen molar-refractivity contribution in [2.24, 2.45) is 0 Å². The van der Waals surface area contributed by atoms with Crippen LogP contribution in [0, 0.1) is 0 Å². The van der Waals surface area contributed by atoms with E-state index in [0.29, 0.717) is 23.0 Å². The number of rotatable bonds is 8. The maximum Gasteiger partial charge on any atom is 0.164 e.